The predicted octanol–water partition coefficient (Wildman–Crippen LogP) is 4.19. The highest BCUT2D eigenvalue weighted by atomic mass is 79.9. The molecule has 0 aromatic carbocycles. The minimum absolute atomic E-state index is 0. The first-order valence-electron chi connectivity index (χ1n) is 10.1. The van der Waals surface area contributed by atoms with Crippen molar-refractivity contribution in [1.29, 1.82) is 0 Å². The van der Waals surface area contributed by atoms with E-state index in [1.54, 1.807) is 0 Å². The van der Waals surface area contributed by atoms with Crippen molar-refractivity contribution in [1.82, 2.24) is 19.4 Å². The summed E-state index contributed by atoms with van der Waals surface area (Å²) < 4.78 is 2.33. The van der Waals surface area contributed by atoms with Gasteiger partial charge in [0.05, 0.1) is 24.0 Å². The minimum atomic E-state index is 0. The Morgan fingerprint density at radius 3 is 2.96 bits per heavy atom. The van der Waals surface area contributed by atoms with E-state index < -0.39 is 0 Å². The molecule has 2 N–H and O–H groups in total. The number of fused-ring (bicyclic) bond motifs is 1. The molecule has 2 aromatic heterocycles. The molecule has 3 rings (SSSR count). The van der Waals surface area contributed by atoms with Gasteiger partial charge in [-0.1, -0.05) is 13.0 Å². The number of pyridine rings is 1. The molecule has 1 aliphatic rings. The second-order valence-corrected chi connectivity index (χ2v) is 7.41. The normalized spacial score (nSPS) is 16.2. The minimum Gasteiger partial charge on any atom is -0.334 e. The first-order chi connectivity index (χ1) is 12.7. The summed E-state index contributed by atoms with van der Waals surface area (Å²) in [5.74, 6) is 1.18. The third-order valence-electron chi connectivity index (χ3n) is 5.29. The van der Waals surface area contributed by atoms with Crippen LogP contribution in [0.25, 0.3) is 0 Å². The summed E-state index contributed by atoms with van der Waals surface area (Å²) in [6.45, 7) is 8.05. The molecule has 0 bridgehead atoms. The molecule has 27 heavy (non-hydrogen) atoms. The van der Waals surface area contributed by atoms with Crippen molar-refractivity contribution in [3.63, 3.8) is 0 Å². The molecule has 2 heterocycles. The van der Waals surface area contributed by atoms with Crippen molar-refractivity contribution in [2.24, 2.45) is 5.73 Å². The van der Waals surface area contributed by atoms with Gasteiger partial charge in [0.2, 0.25) is 0 Å². The first kappa shape index (κ1) is 22.1. The predicted molar refractivity (Wildman–Crippen MR) is 116 cm³/mol. The Kier molecular flexibility index (Phi) is 8.93. The van der Waals surface area contributed by atoms with Gasteiger partial charge in [0, 0.05) is 18.9 Å². The van der Waals surface area contributed by atoms with Crippen LogP contribution < -0.4 is 5.73 Å². The lowest BCUT2D eigenvalue weighted by Gasteiger charge is -2.35. The van der Waals surface area contributed by atoms with Crippen LogP contribution in [0.15, 0.2) is 24.5 Å². The Bertz CT molecular complexity index is 700. The third kappa shape index (κ3) is 5.62. The molecular formula is C21H34BrN5. The van der Waals surface area contributed by atoms with E-state index in [-0.39, 0.29) is 17.0 Å². The van der Waals surface area contributed by atoms with Crippen molar-refractivity contribution >= 4 is 17.0 Å². The maximum Gasteiger partial charge on any atom is 0.123 e. The Hall–Kier alpha value is -1.24. The molecule has 1 atom stereocenters. The summed E-state index contributed by atoms with van der Waals surface area (Å²) >= 11 is 0. The maximum absolute atomic E-state index is 5.74. The van der Waals surface area contributed by atoms with Crippen LogP contribution in [0.4, 0.5) is 0 Å². The average Bonchev–Trinajstić information content (AvgIpc) is 3.00. The fourth-order valence-corrected chi connectivity index (χ4v) is 4.08. The molecule has 2 aromatic rings. The van der Waals surface area contributed by atoms with Crippen LogP contribution in [0.1, 0.15) is 67.8 Å². The fraction of sp³-hybridized carbons (Fsp3) is 0.619. The highest BCUT2D eigenvalue weighted by molar-refractivity contribution is 8.93. The first-order valence-corrected chi connectivity index (χ1v) is 10.1. The van der Waals surface area contributed by atoms with Crippen molar-refractivity contribution in [3.05, 3.63) is 47.3 Å². The van der Waals surface area contributed by atoms with Crippen molar-refractivity contribution < 1.29 is 0 Å². The van der Waals surface area contributed by atoms with Gasteiger partial charge in [0.1, 0.15) is 5.82 Å². The molecule has 0 spiro atoms. The molecule has 1 aliphatic carbocycles. The molecule has 150 valence electrons. The molecule has 0 aliphatic heterocycles. The highest BCUT2D eigenvalue weighted by Crippen LogP contribution is 2.33. The van der Waals surface area contributed by atoms with Gasteiger partial charge in [-0.2, -0.15) is 0 Å². The van der Waals surface area contributed by atoms with E-state index in [0.717, 1.165) is 57.6 Å². The van der Waals surface area contributed by atoms with Gasteiger partial charge in [0.25, 0.3) is 0 Å². The van der Waals surface area contributed by atoms with Gasteiger partial charge in [-0.3, -0.25) is 9.88 Å². The number of aryl methyl sites for hydroxylation is 3. The van der Waals surface area contributed by atoms with Crippen LogP contribution in [-0.4, -0.2) is 32.5 Å². The molecule has 6 heteroatoms. The molecular weight excluding hydrogens is 402 g/mol. The highest BCUT2D eigenvalue weighted by Gasteiger charge is 2.27. The summed E-state index contributed by atoms with van der Waals surface area (Å²) in [5, 5.41) is 0. The zero-order valence-corrected chi connectivity index (χ0v) is 18.4. The number of unbranched alkanes of at least 4 members (excludes halogenated alkanes) is 1. The number of rotatable bonds is 9. The van der Waals surface area contributed by atoms with Gasteiger partial charge < -0.3 is 10.3 Å². The van der Waals surface area contributed by atoms with E-state index in [9.17, 15) is 0 Å². The number of hydrogen-bond acceptors (Lipinski definition) is 4. The smallest absolute Gasteiger partial charge is 0.123 e. The summed E-state index contributed by atoms with van der Waals surface area (Å²) in [7, 11) is 0. The fourth-order valence-electron chi connectivity index (χ4n) is 4.08. The van der Waals surface area contributed by atoms with E-state index in [1.165, 1.54) is 29.9 Å². The lowest BCUT2D eigenvalue weighted by Crippen LogP contribution is -2.33. The molecule has 0 radical (unpaired) electrons. The maximum atomic E-state index is 5.74. The monoisotopic (exact) mass is 435 g/mol. The Morgan fingerprint density at radius 2 is 2.19 bits per heavy atom. The summed E-state index contributed by atoms with van der Waals surface area (Å²) in [6.07, 6.45) is 11.0. The molecule has 0 saturated heterocycles. The topological polar surface area (TPSA) is 60.0 Å². The molecule has 1 unspecified atom stereocenters. The van der Waals surface area contributed by atoms with Gasteiger partial charge in [-0.05, 0) is 70.2 Å². The Balaban J connectivity index is 0.00000261. The summed E-state index contributed by atoms with van der Waals surface area (Å²) in [6, 6.07) is 4.70. The quantitative estimate of drug-likeness (QED) is 0.599. The number of hydrogen-bond donors (Lipinski definition) is 1. The summed E-state index contributed by atoms with van der Waals surface area (Å²) in [5.41, 5.74) is 9.54. The van der Waals surface area contributed by atoms with E-state index >= 15 is 0 Å². The summed E-state index contributed by atoms with van der Waals surface area (Å²) in [4.78, 5) is 12.2. The van der Waals surface area contributed by atoms with Crippen molar-refractivity contribution in [2.75, 3.05) is 13.1 Å². The number of nitrogens with two attached hydrogens (primary N) is 1. The van der Waals surface area contributed by atoms with Crippen LogP contribution in [0.2, 0.25) is 0 Å². The molecule has 0 saturated carbocycles. The van der Waals surface area contributed by atoms with E-state index in [1.807, 2.05) is 6.20 Å². The van der Waals surface area contributed by atoms with Crippen molar-refractivity contribution in [3.8, 4) is 0 Å². The standard InChI is InChI=1S/C21H33N5.BrH/c1-3-13-26-15-17(2)24-20(26)16-25(14-5-4-11-22)19-10-6-8-18-9-7-12-23-21(18)19;/h7,9,12,15,19H,3-6,8,10-11,13-14,16,22H2,1-2H3;1H. The second-order valence-electron chi connectivity index (χ2n) is 7.41. The number of halogens is 1. The lowest BCUT2D eigenvalue weighted by molar-refractivity contribution is 0.157. The molecule has 5 nitrogen and oxygen atoms in total. The number of nitrogens with zero attached hydrogens (tertiary/aromatic N) is 4. The lowest BCUT2D eigenvalue weighted by atomic mass is 9.90. The molecule has 0 amide bonds. The van der Waals surface area contributed by atoms with Crippen LogP contribution in [0.3, 0.4) is 0 Å². The second kappa shape index (κ2) is 10.9. The zero-order chi connectivity index (χ0) is 18.4. The van der Waals surface area contributed by atoms with E-state index in [2.05, 4.69) is 41.6 Å². The number of imidazole rings is 1. The molecule has 0 fully saturated rings. The van der Waals surface area contributed by atoms with Gasteiger partial charge in [0.15, 0.2) is 0 Å². The van der Waals surface area contributed by atoms with Crippen LogP contribution in [0.5, 0.6) is 0 Å². The van der Waals surface area contributed by atoms with Gasteiger partial charge in [-0.25, -0.2) is 4.98 Å². The van der Waals surface area contributed by atoms with Crippen molar-refractivity contribution in [2.45, 2.75) is 71.5 Å². The largest absolute Gasteiger partial charge is 0.334 e. The zero-order valence-electron chi connectivity index (χ0n) is 16.7. The Labute approximate surface area is 174 Å². The average molecular weight is 436 g/mol. The van der Waals surface area contributed by atoms with Crippen LogP contribution in [0, 0.1) is 6.92 Å². The van der Waals surface area contributed by atoms with Gasteiger partial charge in [-0.15, -0.1) is 17.0 Å². The Morgan fingerprint density at radius 1 is 1.33 bits per heavy atom. The SMILES string of the molecule is Br.CCCn1cc(C)nc1CN(CCCCN)C1CCCc2cccnc21. The van der Waals surface area contributed by atoms with E-state index in [4.69, 9.17) is 15.7 Å². The number of aromatic nitrogens is 3. The van der Waals surface area contributed by atoms with Crippen LogP contribution >= 0.6 is 17.0 Å². The van der Waals surface area contributed by atoms with Crippen LogP contribution in [-0.2, 0) is 19.5 Å². The third-order valence-corrected chi connectivity index (χ3v) is 5.29. The van der Waals surface area contributed by atoms with Gasteiger partial charge >= 0.3 is 0 Å². The van der Waals surface area contributed by atoms with E-state index in [0.29, 0.717) is 6.04 Å².